The van der Waals surface area contributed by atoms with Gasteiger partial charge in [-0.15, -0.1) is 0 Å². The fourth-order valence-corrected chi connectivity index (χ4v) is 2.25. The van der Waals surface area contributed by atoms with E-state index in [9.17, 15) is 13.2 Å². The first-order valence-electron chi connectivity index (χ1n) is 5.03. The van der Waals surface area contributed by atoms with E-state index in [0.29, 0.717) is 12.8 Å². The molecule has 1 aromatic rings. The maximum atomic E-state index is 14.5. The molecule has 2 N–H and O–H groups in total. The Bertz CT molecular complexity index is 420. The van der Waals surface area contributed by atoms with Gasteiger partial charge in [-0.25, -0.2) is 13.2 Å². The van der Waals surface area contributed by atoms with Gasteiger partial charge in [-0.2, -0.15) is 0 Å². The molecule has 1 unspecified atom stereocenters. The van der Waals surface area contributed by atoms with E-state index in [1.807, 2.05) is 0 Å². The van der Waals surface area contributed by atoms with Crippen LogP contribution in [-0.4, -0.2) is 6.54 Å². The maximum Gasteiger partial charge on any atom is 0.156 e. The van der Waals surface area contributed by atoms with E-state index < -0.39 is 29.4 Å². The second-order valence-corrected chi connectivity index (χ2v) is 4.91. The third-order valence-electron chi connectivity index (χ3n) is 2.98. The molecule has 0 spiro atoms. The standard InChI is InChI=1S/C11H11BrF3N/c12-7-3-4-8(13)9(10(7)14)11(15,5-16)6-1-2-6/h3-4,6H,1-2,5,16H2. The van der Waals surface area contributed by atoms with Crippen molar-refractivity contribution in [1.29, 1.82) is 0 Å². The highest BCUT2D eigenvalue weighted by Gasteiger charge is 2.49. The van der Waals surface area contributed by atoms with Crippen molar-refractivity contribution in [3.63, 3.8) is 0 Å². The van der Waals surface area contributed by atoms with Crippen LogP contribution in [-0.2, 0) is 5.67 Å². The Balaban J connectivity index is 2.57. The highest BCUT2D eigenvalue weighted by atomic mass is 79.9. The SMILES string of the molecule is NCC(F)(c1c(F)ccc(Br)c1F)C1CC1. The van der Waals surface area contributed by atoms with Crippen molar-refractivity contribution in [3.05, 3.63) is 33.8 Å². The number of rotatable bonds is 3. The second-order valence-electron chi connectivity index (χ2n) is 4.06. The van der Waals surface area contributed by atoms with Crippen LogP contribution in [0.1, 0.15) is 18.4 Å². The highest BCUT2D eigenvalue weighted by Crippen LogP contribution is 2.49. The Morgan fingerprint density at radius 2 is 2.00 bits per heavy atom. The number of halogens is 4. The van der Waals surface area contributed by atoms with Gasteiger partial charge in [-0.1, -0.05) is 0 Å². The predicted octanol–water partition coefficient (Wildman–Crippen LogP) is 3.26. The van der Waals surface area contributed by atoms with Crippen molar-refractivity contribution in [2.24, 2.45) is 11.7 Å². The first-order chi connectivity index (χ1) is 7.50. The number of alkyl halides is 1. The molecule has 0 saturated heterocycles. The first kappa shape index (κ1) is 11.9. The molecular weight excluding hydrogens is 283 g/mol. The molecule has 88 valence electrons. The first-order valence-corrected chi connectivity index (χ1v) is 5.83. The molecule has 5 heteroatoms. The van der Waals surface area contributed by atoms with Gasteiger partial charge in [0.25, 0.3) is 0 Å². The van der Waals surface area contributed by atoms with Crippen LogP contribution in [0.5, 0.6) is 0 Å². The molecule has 1 aliphatic rings. The minimum Gasteiger partial charge on any atom is -0.327 e. The van der Waals surface area contributed by atoms with Gasteiger partial charge in [-0.05, 0) is 46.8 Å². The van der Waals surface area contributed by atoms with Gasteiger partial charge in [0.1, 0.15) is 11.6 Å². The summed E-state index contributed by atoms with van der Waals surface area (Å²) >= 11 is 2.92. The van der Waals surface area contributed by atoms with Gasteiger partial charge < -0.3 is 5.73 Å². The third kappa shape index (κ3) is 1.76. The van der Waals surface area contributed by atoms with Gasteiger partial charge in [0.2, 0.25) is 0 Å². The largest absolute Gasteiger partial charge is 0.327 e. The molecule has 0 bridgehead atoms. The van der Waals surface area contributed by atoms with Crippen molar-refractivity contribution < 1.29 is 13.2 Å². The summed E-state index contributed by atoms with van der Waals surface area (Å²) in [4.78, 5) is 0. The van der Waals surface area contributed by atoms with Gasteiger partial charge in [-0.3, -0.25) is 0 Å². The molecule has 0 heterocycles. The van der Waals surface area contributed by atoms with Crippen molar-refractivity contribution >= 4 is 15.9 Å². The lowest BCUT2D eigenvalue weighted by molar-refractivity contribution is 0.131. The van der Waals surface area contributed by atoms with E-state index in [1.54, 1.807) is 0 Å². The Morgan fingerprint density at radius 3 is 2.50 bits per heavy atom. The molecule has 0 aliphatic heterocycles. The summed E-state index contributed by atoms with van der Waals surface area (Å²) < 4.78 is 41.9. The zero-order valence-electron chi connectivity index (χ0n) is 8.44. The van der Waals surface area contributed by atoms with E-state index in [-0.39, 0.29) is 10.4 Å². The molecular formula is C11H11BrF3N. The minimum absolute atomic E-state index is 0.0556. The van der Waals surface area contributed by atoms with Crippen LogP contribution in [0.2, 0.25) is 0 Å². The van der Waals surface area contributed by atoms with Gasteiger partial charge in [0.05, 0.1) is 10.0 Å². The Hall–Kier alpha value is -0.550. The molecule has 0 radical (unpaired) electrons. The molecule has 1 saturated carbocycles. The number of hydrogen-bond acceptors (Lipinski definition) is 1. The van der Waals surface area contributed by atoms with E-state index in [2.05, 4.69) is 15.9 Å². The third-order valence-corrected chi connectivity index (χ3v) is 3.59. The summed E-state index contributed by atoms with van der Waals surface area (Å²) in [5, 5.41) is 0. The Labute approximate surface area is 100.0 Å². The van der Waals surface area contributed by atoms with Crippen LogP contribution < -0.4 is 5.73 Å². The molecule has 1 fully saturated rings. The molecule has 16 heavy (non-hydrogen) atoms. The Kier molecular flexibility index (Phi) is 3.01. The molecule has 1 aromatic carbocycles. The summed E-state index contributed by atoms with van der Waals surface area (Å²) in [6, 6.07) is 2.27. The van der Waals surface area contributed by atoms with Crippen LogP contribution in [0.15, 0.2) is 16.6 Å². The van der Waals surface area contributed by atoms with Crippen molar-refractivity contribution in [3.8, 4) is 0 Å². The van der Waals surface area contributed by atoms with Crippen LogP contribution >= 0.6 is 15.9 Å². The molecule has 1 atom stereocenters. The molecule has 1 aliphatic carbocycles. The molecule has 0 aromatic heterocycles. The summed E-state index contributed by atoms with van der Waals surface area (Å²) in [6.07, 6.45) is 1.25. The van der Waals surface area contributed by atoms with E-state index >= 15 is 0 Å². The maximum absolute atomic E-state index is 14.5. The molecule has 2 rings (SSSR count). The summed E-state index contributed by atoms with van der Waals surface area (Å²) in [5.41, 5.74) is 2.72. The number of nitrogens with two attached hydrogens (primary N) is 1. The quantitative estimate of drug-likeness (QED) is 0.851. The van der Waals surface area contributed by atoms with Crippen molar-refractivity contribution in [2.45, 2.75) is 18.5 Å². The lowest BCUT2D eigenvalue weighted by atomic mass is 9.90. The normalized spacial score (nSPS) is 19.6. The number of hydrogen-bond donors (Lipinski definition) is 1. The van der Waals surface area contributed by atoms with E-state index in [1.165, 1.54) is 6.07 Å². The van der Waals surface area contributed by atoms with Gasteiger partial charge in [0, 0.05) is 6.54 Å². The Morgan fingerprint density at radius 1 is 1.38 bits per heavy atom. The summed E-state index contributed by atoms with van der Waals surface area (Å²) in [7, 11) is 0. The van der Waals surface area contributed by atoms with Crippen LogP contribution in [0.25, 0.3) is 0 Å². The fraction of sp³-hybridized carbons (Fsp3) is 0.455. The van der Waals surface area contributed by atoms with Crippen molar-refractivity contribution in [2.75, 3.05) is 6.54 Å². The van der Waals surface area contributed by atoms with Crippen molar-refractivity contribution in [1.82, 2.24) is 0 Å². The van der Waals surface area contributed by atoms with Crippen LogP contribution in [0, 0.1) is 17.6 Å². The summed E-state index contributed by atoms with van der Waals surface area (Å²) in [5.74, 6) is -2.13. The predicted molar refractivity (Wildman–Crippen MR) is 58.6 cm³/mol. The monoisotopic (exact) mass is 293 g/mol. The van der Waals surface area contributed by atoms with Crippen LogP contribution in [0.4, 0.5) is 13.2 Å². The zero-order chi connectivity index (χ0) is 11.9. The van der Waals surface area contributed by atoms with Crippen LogP contribution in [0.3, 0.4) is 0 Å². The highest BCUT2D eigenvalue weighted by molar-refractivity contribution is 9.10. The topological polar surface area (TPSA) is 26.0 Å². The fourth-order valence-electron chi connectivity index (χ4n) is 1.92. The number of benzene rings is 1. The smallest absolute Gasteiger partial charge is 0.156 e. The average molecular weight is 294 g/mol. The van der Waals surface area contributed by atoms with Gasteiger partial charge in [0.15, 0.2) is 5.67 Å². The van der Waals surface area contributed by atoms with E-state index in [0.717, 1.165) is 6.07 Å². The zero-order valence-corrected chi connectivity index (χ0v) is 10.0. The molecule has 0 amide bonds. The molecule has 1 nitrogen and oxygen atoms in total. The lowest BCUT2D eigenvalue weighted by Gasteiger charge is -2.25. The second kappa shape index (κ2) is 4.04. The van der Waals surface area contributed by atoms with Gasteiger partial charge >= 0.3 is 0 Å². The lowest BCUT2D eigenvalue weighted by Crippen LogP contribution is -2.34. The minimum atomic E-state index is -2.09. The van der Waals surface area contributed by atoms with E-state index in [4.69, 9.17) is 5.73 Å². The average Bonchev–Trinajstić information content (AvgIpc) is 3.07. The summed E-state index contributed by atoms with van der Waals surface area (Å²) in [6.45, 7) is -0.401.